The molecule has 1 aromatic rings. The van der Waals surface area contributed by atoms with Gasteiger partial charge in [0.25, 0.3) is 5.91 Å². The van der Waals surface area contributed by atoms with Crippen molar-refractivity contribution in [1.82, 2.24) is 15.1 Å². The summed E-state index contributed by atoms with van der Waals surface area (Å²) in [4.78, 5) is 12.0. The zero-order valence-electron chi connectivity index (χ0n) is 11.1. The third-order valence-electron chi connectivity index (χ3n) is 3.46. The lowest BCUT2D eigenvalue weighted by molar-refractivity contribution is 0.0949. The van der Waals surface area contributed by atoms with Gasteiger partial charge in [-0.25, -0.2) is 0 Å². The van der Waals surface area contributed by atoms with Crippen molar-refractivity contribution in [3.8, 4) is 0 Å². The van der Waals surface area contributed by atoms with Gasteiger partial charge in [0.1, 0.15) is 0 Å². The maximum absolute atomic E-state index is 12.0. The summed E-state index contributed by atoms with van der Waals surface area (Å²) in [6, 6.07) is 0.0937. The Labute approximate surface area is 114 Å². The van der Waals surface area contributed by atoms with E-state index in [1.165, 1.54) is 12.8 Å². The normalized spacial score (nSPS) is 16.0. The van der Waals surface area contributed by atoms with Gasteiger partial charge < -0.3 is 11.1 Å². The van der Waals surface area contributed by atoms with E-state index in [1.54, 1.807) is 4.68 Å². The highest BCUT2D eigenvalue weighted by molar-refractivity contribution is 5.96. The summed E-state index contributed by atoms with van der Waals surface area (Å²) < 4.78 is 1.73. The van der Waals surface area contributed by atoms with E-state index >= 15 is 0 Å². The predicted octanol–water partition coefficient (Wildman–Crippen LogP) is 0.926. The number of nitrogens with two attached hydrogens (primary N) is 1. The molecule has 0 aliphatic heterocycles. The molecule has 0 bridgehead atoms. The second-order valence-corrected chi connectivity index (χ2v) is 4.88. The standard InChI is InChI=1S/C12H20N4O.ClH/c1-7-11(8(2)16(3)15-7)12(17)14-6-10(13)9-4-5-9;/h9-10H,4-6,13H2,1-3H3,(H,14,17);1H. The molecule has 1 heterocycles. The van der Waals surface area contributed by atoms with Gasteiger partial charge in [-0.05, 0) is 32.6 Å². The Balaban J connectivity index is 0.00000162. The smallest absolute Gasteiger partial charge is 0.255 e. The van der Waals surface area contributed by atoms with Crippen molar-refractivity contribution >= 4 is 18.3 Å². The first kappa shape index (κ1) is 15.0. The molecule has 2 rings (SSSR count). The van der Waals surface area contributed by atoms with Crippen molar-refractivity contribution < 1.29 is 4.79 Å². The molecule has 102 valence electrons. The summed E-state index contributed by atoms with van der Waals surface area (Å²) in [5.74, 6) is 0.538. The first-order valence-electron chi connectivity index (χ1n) is 6.04. The minimum atomic E-state index is -0.0656. The fraction of sp³-hybridized carbons (Fsp3) is 0.667. The van der Waals surface area contributed by atoms with Gasteiger partial charge in [-0.1, -0.05) is 0 Å². The molecular formula is C12H21ClN4O. The molecule has 5 nitrogen and oxygen atoms in total. The maximum Gasteiger partial charge on any atom is 0.255 e. The molecular weight excluding hydrogens is 252 g/mol. The molecule has 1 amide bonds. The number of carbonyl (C=O) groups excluding carboxylic acids is 1. The number of aromatic nitrogens is 2. The van der Waals surface area contributed by atoms with E-state index in [4.69, 9.17) is 5.73 Å². The second-order valence-electron chi connectivity index (χ2n) is 4.88. The van der Waals surface area contributed by atoms with Gasteiger partial charge in [0, 0.05) is 25.3 Å². The fourth-order valence-corrected chi connectivity index (χ4v) is 2.09. The molecule has 18 heavy (non-hydrogen) atoms. The van der Waals surface area contributed by atoms with Gasteiger partial charge in [-0.3, -0.25) is 9.48 Å². The molecule has 1 aromatic heterocycles. The van der Waals surface area contributed by atoms with Crippen LogP contribution in [-0.4, -0.2) is 28.3 Å². The fourth-order valence-electron chi connectivity index (χ4n) is 2.09. The third kappa shape index (κ3) is 3.03. The number of halogens is 1. The van der Waals surface area contributed by atoms with Crippen LogP contribution >= 0.6 is 12.4 Å². The van der Waals surface area contributed by atoms with Crippen LogP contribution in [0, 0.1) is 19.8 Å². The van der Waals surface area contributed by atoms with Crippen molar-refractivity contribution in [2.45, 2.75) is 32.7 Å². The molecule has 1 fully saturated rings. The van der Waals surface area contributed by atoms with E-state index in [0.29, 0.717) is 18.0 Å². The maximum atomic E-state index is 12.0. The van der Waals surface area contributed by atoms with Crippen molar-refractivity contribution in [3.05, 3.63) is 17.0 Å². The predicted molar refractivity (Wildman–Crippen MR) is 73.0 cm³/mol. The van der Waals surface area contributed by atoms with Gasteiger partial charge in [0.2, 0.25) is 0 Å². The number of nitrogens with one attached hydrogen (secondary N) is 1. The Kier molecular flexibility index (Phi) is 4.76. The number of nitrogens with zero attached hydrogens (tertiary/aromatic N) is 2. The van der Waals surface area contributed by atoms with E-state index in [9.17, 15) is 4.79 Å². The van der Waals surface area contributed by atoms with Crippen LogP contribution < -0.4 is 11.1 Å². The molecule has 1 aliphatic rings. The Bertz CT molecular complexity index is 440. The van der Waals surface area contributed by atoms with Gasteiger partial charge in [0.05, 0.1) is 11.3 Å². The molecule has 0 aromatic carbocycles. The van der Waals surface area contributed by atoms with E-state index in [2.05, 4.69) is 10.4 Å². The topological polar surface area (TPSA) is 72.9 Å². The Morgan fingerprint density at radius 2 is 2.17 bits per heavy atom. The summed E-state index contributed by atoms with van der Waals surface area (Å²) in [6.45, 7) is 4.30. The van der Waals surface area contributed by atoms with Crippen LogP contribution in [0.5, 0.6) is 0 Å². The molecule has 1 unspecified atom stereocenters. The zero-order valence-corrected chi connectivity index (χ0v) is 11.9. The summed E-state index contributed by atoms with van der Waals surface area (Å²) in [5, 5.41) is 7.13. The first-order chi connectivity index (χ1) is 8.00. The van der Waals surface area contributed by atoms with Crippen LogP contribution in [0.15, 0.2) is 0 Å². The monoisotopic (exact) mass is 272 g/mol. The quantitative estimate of drug-likeness (QED) is 0.856. The molecule has 1 atom stereocenters. The molecule has 0 spiro atoms. The zero-order chi connectivity index (χ0) is 12.6. The highest BCUT2D eigenvalue weighted by Gasteiger charge is 2.29. The molecule has 3 N–H and O–H groups in total. The molecule has 0 radical (unpaired) electrons. The lowest BCUT2D eigenvalue weighted by Crippen LogP contribution is -2.38. The number of hydrogen-bond acceptors (Lipinski definition) is 3. The highest BCUT2D eigenvalue weighted by Crippen LogP contribution is 2.31. The summed E-state index contributed by atoms with van der Waals surface area (Å²) in [5.41, 5.74) is 8.28. The van der Waals surface area contributed by atoms with Crippen molar-refractivity contribution in [2.75, 3.05) is 6.54 Å². The second kappa shape index (κ2) is 5.71. The number of aryl methyl sites for hydroxylation is 2. The SMILES string of the molecule is Cc1nn(C)c(C)c1C(=O)NCC(N)C1CC1.Cl. The molecule has 0 saturated heterocycles. The summed E-state index contributed by atoms with van der Waals surface area (Å²) in [7, 11) is 1.84. The van der Waals surface area contributed by atoms with Gasteiger partial charge in [-0.2, -0.15) is 5.10 Å². The van der Waals surface area contributed by atoms with E-state index < -0.39 is 0 Å². The average Bonchev–Trinajstić information content (AvgIpc) is 3.06. The lowest BCUT2D eigenvalue weighted by atomic mass is 10.1. The summed E-state index contributed by atoms with van der Waals surface area (Å²) >= 11 is 0. The van der Waals surface area contributed by atoms with Crippen molar-refractivity contribution in [1.29, 1.82) is 0 Å². The number of amides is 1. The third-order valence-corrected chi connectivity index (χ3v) is 3.46. The number of hydrogen-bond donors (Lipinski definition) is 2. The Hall–Kier alpha value is -1.07. The van der Waals surface area contributed by atoms with Crippen molar-refractivity contribution in [2.24, 2.45) is 18.7 Å². The van der Waals surface area contributed by atoms with Gasteiger partial charge in [-0.15, -0.1) is 12.4 Å². The highest BCUT2D eigenvalue weighted by atomic mass is 35.5. The van der Waals surface area contributed by atoms with Gasteiger partial charge in [0.15, 0.2) is 0 Å². The summed E-state index contributed by atoms with van der Waals surface area (Å²) in [6.07, 6.45) is 2.39. The first-order valence-corrected chi connectivity index (χ1v) is 6.04. The molecule has 6 heteroatoms. The van der Waals surface area contributed by atoms with Crippen LogP contribution in [0.4, 0.5) is 0 Å². The number of rotatable bonds is 4. The van der Waals surface area contributed by atoms with Crippen molar-refractivity contribution in [3.63, 3.8) is 0 Å². The minimum absolute atomic E-state index is 0. The minimum Gasteiger partial charge on any atom is -0.350 e. The lowest BCUT2D eigenvalue weighted by Gasteiger charge is -2.11. The van der Waals surface area contributed by atoms with Gasteiger partial charge >= 0.3 is 0 Å². The van der Waals surface area contributed by atoms with Crippen LogP contribution in [0.3, 0.4) is 0 Å². The largest absolute Gasteiger partial charge is 0.350 e. The molecule has 1 saturated carbocycles. The van der Waals surface area contributed by atoms with E-state index in [0.717, 1.165) is 11.4 Å². The van der Waals surface area contributed by atoms with E-state index in [1.807, 2.05) is 20.9 Å². The number of carbonyl (C=O) groups is 1. The Morgan fingerprint density at radius 1 is 1.56 bits per heavy atom. The molecule has 1 aliphatic carbocycles. The van der Waals surface area contributed by atoms with Crippen LogP contribution in [0.25, 0.3) is 0 Å². The average molecular weight is 273 g/mol. The van der Waals surface area contributed by atoms with Crippen LogP contribution in [-0.2, 0) is 7.05 Å². The van der Waals surface area contributed by atoms with Crippen LogP contribution in [0.1, 0.15) is 34.6 Å². The van der Waals surface area contributed by atoms with Crippen LogP contribution in [0.2, 0.25) is 0 Å². The Morgan fingerprint density at radius 3 is 2.61 bits per heavy atom. The van der Waals surface area contributed by atoms with E-state index in [-0.39, 0.29) is 24.4 Å².